The number of hydrogen-bond donors (Lipinski definition) is 2. The van der Waals surface area contributed by atoms with Crippen molar-refractivity contribution >= 4 is 24.2 Å². The van der Waals surface area contributed by atoms with E-state index in [2.05, 4.69) is 14.8 Å². The smallest absolute Gasteiger partial charge is 0.481 e. The van der Waals surface area contributed by atoms with Gasteiger partial charge in [0.25, 0.3) is 0 Å². The number of carbonyl (C=O) groups excluding carboxylic acids is 3. The first-order chi connectivity index (χ1) is 11.4. The molecule has 24 heavy (non-hydrogen) atoms. The van der Waals surface area contributed by atoms with Gasteiger partial charge in [-0.3, -0.25) is 14.9 Å². The van der Waals surface area contributed by atoms with Gasteiger partial charge in [0.15, 0.2) is 6.23 Å². The summed E-state index contributed by atoms with van der Waals surface area (Å²) in [6.07, 6.45) is -4.21. The van der Waals surface area contributed by atoms with Gasteiger partial charge in [0, 0.05) is 0 Å². The number of amides is 1. The van der Waals surface area contributed by atoms with Crippen LogP contribution in [0.15, 0.2) is 30.3 Å². The summed E-state index contributed by atoms with van der Waals surface area (Å²) in [4.78, 5) is 44.2. The van der Waals surface area contributed by atoms with Crippen molar-refractivity contribution in [2.24, 2.45) is 0 Å². The molecule has 0 saturated heterocycles. The molecule has 9 heteroatoms. The molecule has 0 radical (unpaired) electrons. The SMILES string of the molecule is CC(NC(=O)OCc1ccccc1)OC(=O)OC(=O)CCC(=O)O. The Kier molecular flexibility index (Phi) is 7.76. The monoisotopic (exact) mass is 339 g/mol. The number of alkyl carbamates (subject to hydrolysis) is 1. The van der Waals surface area contributed by atoms with Crippen LogP contribution in [-0.2, 0) is 30.4 Å². The van der Waals surface area contributed by atoms with Gasteiger partial charge >= 0.3 is 24.2 Å². The third-order valence-corrected chi connectivity index (χ3v) is 2.55. The summed E-state index contributed by atoms with van der Waals surface area (Å²) in [6, 6.07) is 8.95. The lowest BCUT2D eigenvalue weighted by Crippen LogP contribution is -2.36. The van der Waals surface area contributed by atoms with Crippen molar-refractivity contribution in [1.29, 1.82) is 0 Å². The predicted molar refractivity (Wildman–Crippen MR) is 78.7 cm³/mol. The van der Waals surface area contributed by atoms with Crippen LogP contribution in [0.4, 0.5) is 9.59 Å². The van der Waals surface area contributed by atoms with Crippen LogP contribution in [0.1, 0.15) is 25.3 Å². The fourth-order valence-electron chi connectivity index (χ4n) is 1.48. The molecule has 0 heterocycles. The number of aliphatic carboxylic acids is 1. The van der Waals surface area contributed by atoms with Crippen LogP contribution >= 0.6 is 0 Å². The van der Waals surface area contributed by atoms with E-state index in [0.29, 0.717) is 0 Å². The molecule has 1 aromatic carbocycles. The third-order valence-electron chi connectivity index (χ3n) is 2.55. The first-order valence-corrected chi connectivity index (χ1v) is 6.97. The van der Waals surface area contributed by atoms with Gasteiger partial charge < -0.3 is 19.3 Å². The summed E-state index contributed by atoms with van der Waals surface area (Å²) in [7, 11) is 0. The summed E-state index contributed by atoms with van der Waals surface area (Å²) in [5, 5.41) is 10.6. The molecule has 0 bridgehead atoms. The average molecular weight is 339 g/mol. The van der Waals surface area contributed by atoms with Crippen molar-refractivity contribution in [3.63, 3.8) is 0 Å². The van der Waals surface area contributed by atoms with Crippen molar-refractivity contribution < 1.29 is 38.5 Å². The normalized spacial score (nSPS) is 11.0. The molecule has 9 nitrogen and oxygen atoms in total. The van der Waals surface area contributed by atoms with E-state index in [0.717, 1.165) is 5.56 Å². The molecule has 0 aromatic heterocycles. The van der Waals surface area contributed by atoms with E-state index in [4.69, 9.17) is 9.84 Å². The van der Waals surface area contributed by atoms with E-state index >= 15 is 0 Å². The molecule has 1 rings (SSSR count). The number of carboxylic acids is 1. The Morgan fingerprint density at radius 2 is 1.79 bits per heavy atom. The number of benzene rings is 1. The lowest BCUT2D eigenvalue weighted by Gasteiger charge is -2.14. The molecule has 0 fully saturated rings. The van der Waals surface area contributed by atoms with Crippen LogP contribution in [-0.4, -0.2) is 35.5 Å². The molecule has 1 atom stereocenters. The second-order valence-electron chi connectivity index (χ2n) is 4.58. The number of nitrogens with one attached hydrogen (secondary N) is 1. The Morgan fingerprint density at radius 1 is 1.12 bits per heavy atom. The summed E-state index contributed by atoms with van der Waals surface area (Å²) in [5.74, 6) is -2.24. The minimum absolute atomic E-state index is 0.0392. The van der Waals surface area contributed by atoms with E-state index in [-0.39, 0.29) is 6.61 Å². The Bertz CT molecular complexity index is 586. The van der Waals surface area contributed by atoms with E-state index in [1.165, 1.54) is 6.92 Å². The number of hydrogen-bond acceptors (Lipinski definition) is 7. The van der Waals surface area contributed by atoms with Gasteiger partial charge in [-0.15, -0.1) is 0 Å². The van der Waals surface area contributed by atoms with Crippen LogP contribution in [0.3, 0.4) is 0 Å². The molecular weight excluding hydrogens is 322 g/mol. The van der Waals surface area contributed by atoms with E-state index < -0.39 is 43.3 Å². The van der Waals surface area contributed by atoms with Crippen LogP contribution in [0, 0.1) is 0 Å². The van der Waals surface area contributed by atoms with Gasteiger partial charge in [0.05, 0.1) is 12.8 Å². The van der Waals surface area contributed by atoms with Gasteiger partial charge in [-0.1, -0.05) is 30.3 Å². The maximum absolute atomic E-state index is 11.5. The Balaban J connectivity index is 2.25. The number of carboxylic acid groups (broad SMARTS) is 1. The Hall–Kier alpha value is -3.10. The number of esters is 1. The van der Waals surface area contributed by atoms with Crippen molar-refractivity contribution in [2.75, 3.05) is 0 Å². The molecular formula is C15H17NO8. The number of carbonyl (C=O) groups is 4. The molecule has 0 aliphatic rings. The summed E-state index contributed by atoms with van der Waals surface area (Å²) < 4.78 is 13.7. The topological polar surface area (TPSA) is 128 Å². The average Bonchev–Trinajstić information content (AvgIpc) is 2.51. The van der Waals surface area contributed by atoms with Gasteiger partial charge in [-0.25, -0.2) is 9.59 Å². The molecule has 130 valence electrons. The quantitative estimate of drug-likeness (QED) is 0.437. The zero-order valence-corrected chi connectivity index (χ0v) is 12.9. The minimum atomic E-state index is -1.35. The first-order valence-electron chi connectivity index (χ1n) is 6.97. The van der Waals surface area contributed by atoms with Crippen molar-refractivity contribution in [3.05, 3.63) is 35.9 Å². The first kappa shape index (κ1) is 18.9. The summed E-state index contributed by atoms with van der Waals surface area (Å²) >= 11 is 0. The lowest BCUT2D eigenvalue weighted by atomic mass is 10.2. The molecule has 1 unspecified atom stereocenters. The standard InChI is InChI=1S/C15H17NO8/c1-10(23-15(21)24-13(19)8-7-12(17)18)16-14(20)22-9-11-5-3-2-4-6-11/h2-6,10H,7-9H2,1H3,(H,16,20)(H,17,18). The van der Waals surface area contributed by atoms with Crippen LogP contribution < -0.4 is 5.32 Å². The third kappa shape index (κ3) is 8.37. The Morgan fingerprint density at radius 3 is 2.42 bits per heavy atom. The number of ether oxygens (including phenoxy) is 3. The van der Waals surface area contributed by atoms with Gasteiger partial charge in [0.1, 0.15) is 6.61 Å². The molecule has 1 aromatic rings. The lowest BCUT2D eigenvalue weighted by molar-refractivity contribution is -0.145. The zero-order chi connectivity index (χ0) is 17.9. The van der Waals surface area contributed by atoms with E-state index in [1.807, 2.05) is 6.07 Å². The second kappa shape index (κ2) is 9.82. The molecule has 0 aliphatic heterocycles. The second-order valence-corrected chi connectivity index (χ2v) is 4.58. The molecule has 1 amide bonds. The van der Waals surface area contributed by atoms with Crippen LogP contribution in [0.2, 0.25) is 0 Å². The summed E-state index contributed by atoms with van der Waals surface area (Å²) in [5.41, 5.74) is 0.782. The van der Waals surface area contributed by atoms with Gasteiger partial charge in [0.2, 0.25) is 0 Å². The van der Waals surface area contributed by atoms with E-state index in [1.54, 1.807) is 24.3 Å². The van der Waals surface area contributed by atoms with Crippen molar-refractivity contribution in [2.45, 2.75) is 32.6 Å². The highest BCUT2D eigenvalue weighted by Gasteiger charge is 2.18. The predicted octanol–water partition coefficient (Wildman–Crippen LogP) is 1.80. The van der Waals surface area contributed by atoms with Crippen LogP contribution in [0.25, 0.3) is 0 Å². The highest BCUT2D eigenvalue weighted by molar-refractivity contribution is 5.84. The van der Waals surface area contributed by atoms with E-state index in [9.17, 15) is 19.2 Å². The fraction of sp³-hybridized carbons (Fsp3) is 0.333. The largest absolute Gasteiger partial charge is 0.518 e. The molecule has 2 N–H and O–H groups in total. The molecule has 0 spiro atoms. The van der Waals surface area contributed by atoms with Gasteiger partial charge in [-0.2, -0.15) is 0 Å². The maximum atomic E-state index is 11.5. The molecule has 0 saturated carbocycles. The van der Waals surface area contributed by atoms with Crippen LogP contribution in [0.5, 0.6) is 0 Å². The van der Waals surface area contributed by atoms with Crippen molar-refractivity contribution in [1.82, 2.24) is 5.32 Å². The van der Waals surface area contributed by atoms with Crippen molar-refractivity contribution in [3.8, 4) is 0 Å². The van der Waals surface area contributed by atoms with Gasteiger partial charge in [-0.05, 0) is 12.5 Å². The number of rotatable bonds is 7. The zero-order valence-electron chi connectivity index (χ0n) is 12.9. The highest BCUT2D eigenvalue weighted by atomic mass is 16.7. The highest BCUT2D eigenvalue weighted by Crippen LogP contribution is 2.01. The minimum Gasteiger partial charge on any atom is -0.481 e. The Labute approximate surface area is 137 Å². The molecule has 0 aliphatic carbocycles. The summed E-state index contributed by atoms with van der Waals surface area (Å²) in [6.45, 7) is 1.37. The fourth-order valence-corrected chi connectivity index (χ4v) is 1.48. The maximum Gasteiger partial charge on any atom is 0.518 e.